The fourth-order valence-electron chi connectivity index (χ4n) is 3.97. The molecule has 0 bridgehead atoms. The van der Waals surface area contributed by atoms with Crippen LogP contribution < -0.4 is 10.0 Å². The minimum atomic E-state index is -3.64. The molecule has 0 amide bonds. The lowest BCUT2D eigenvalue weighted by atomic mass is 9.60. The van der Waals surface area contributed by atoms with E-state index >= 15 is 0 Å². The highest BCUT2D eigenvalue weighted by Gasteiger charge is 2.55. The molecule has 0 radical (unpaired) electrons. The highest BCUT2D eigenvalue weighted by molar-refractivity contribution is 7.86. The summed E-state index contributed by atoms with van der Waals surface area (Å²) < 4.78 is 39.6. The van der Waals surface area contributed by atoms with Crippen molar-refractivity contribution in [1.82, 2.24) is 18.8 Å². The number of rotatable bonds is 3. The van der Waals surface area contributed by atoms with Gasteiger partial charge in [0.15, 0.2) is 11.6 Å². The average Bonchev–Trinajstić information content (AvgIpc) is 2.70. The first-order valence-corrected chi connectivity index (χ1v) is 9.17. The number of hydrogen-bond donors (Lipinski definition) is 1. The molecule has 24 heavy (non-hydrogen) atoms. The van der Waals surface area contributed by atoms with E-state index in [1.54, 1.807) is 11.6 Å². The van der Waals surface area contributed by atoms with Crippen molar-refractivity contribution < 1.29 is 12.8 Å². The van der Waals surface area contributed by atoms with Gasteiger partial charge in [-0.05, 0) is 12.8 Å². The van der Waals surface area contributed by atoms with Gasteiger partial charge in [0.2, 0.25) is 0 Å². The van der Waals surface area contributed by atoms with Crippen molar-refractivity contribution in [3.63, 3.8) is 0 Å². The number of aromatic nitrogens is 3. The fourth-order valence-corrected chi connectivity index (χ4v) is 4.54. The van der Waals surface area contributed by atoms with Gasteiger partial charge in [-0.2, -0.15) is 12.7 Å². The molecule has 1 aliphatic carbocycles. The predicted molar refractivity (Wildman–Crippen MR) is 87.0 cm³/mol. The Morgan fingerprint density at radius 3 is 2.67 bits per heavy atom. The van der Waals surface area contributed by atoms with Crippen LogP contribution in [0.5, 0.6) is 0 Å². The summed E-state index contributed by atoms with van der Waals surface area (Å²) in [5.41, 5.74) is 1.11. The molecular formula is C14H19FN6O2S. The number of halogens is 1. The third-order valence-electron chi connectivity index (χ3n) is 5.29. The van der Waals surface area contributed by atoms with Crippen LogP contribution in [-0.4, -0.2) is 53.4 Å². The number of hydrogen-bond acceptors (Lipinski definition) is 5. The van der Waals surface area contributed by atoms with E-state index in [4.69, 9.17) is 5.14 Å². The number of nitrogens with zero attached hydrogens (tertiary/aromatic N) is 5. The molecule has 1 spiro atoms. The Kier molecular flexibility index (Phi) is 3.19. The summed E-state index contributed by atoms with van der Waals surface area (Å²) in [6.07, 6.45) is 4.35. The van der Waals surface area contributed by atoms with E-state index in [1.165, 1.54) is 23.9 Å². The van der Waals surface area contributed by atoms with Gasteiger partial charge in [0.1, 0.15) is 17.4 Å². The average molecular weight is 354 g/mol. The van der Waals surface area contributed by atoms with E-state index in [2.05, 4.69) is 14.9 Å². The molecule has 10 heteroatoms. The van der Waals surface area contributed by atoms with Crippen molar-refractivity contribution in [3.05, 3.63) is 18.3 Å². The summed E-state index contributed by atoms with van der Waals surface area (Å²) in [5.74, 6) is 0.366. The lowest BCUT2D eigenvalue weighted by Gasteiger charge is -2.60. The Bertz CT molecular complexity index is 913. The second kappa shape index (κ2) is 4.87. The van der Waals surface area contributed by atoms with Crippen molar-refractivity contribution in [2.75, 3.05) is 25.0 Å². The molecule has 2 fully saturated rings. The van der Waals surface area contributed by atoms with Gasteiger partial charge in [-0.15, -0.1) is 0 Å². The maximum Gasteiger partial charge on any atom is 0.276 e. The van der Waals surface area contributed by atoms with Gasteiger partial charge in [-0.1, -0.05) is 0 Å². The highest BCUT2D eigenvalue weighted by Crippen LogP contribution is 2.51. The molecule has 2 N–H and O–H groups in total. The lowest BCUT2D eigenvalue weighted by molar-refractivity contribution is 0.0207. The highest BCUT2D eigenvalue weighted by atomic mass is 32.2. The Morgan fingerprint density at radius 2 is 2.04 bits per heavy atom. The zero-order valence-corrected chi connectivity index (χ0v) is 14.3. The van der Waals surface area contributed by atoms with Crippen molar-refractivity contribution in [2.24, 2.45) is 17.6 Å². The monoisotopic (exact) mass is 354 g/mol. The van der Waals surface area contributed by atoms with Crippen LogP contribution in [0.4, 0.5) is 10.2 Å². The lowest BCUT2D eigenvalue weighted by Crippen LogP contribution is -2.67. The van der Waals surface area contributed by atoms with E-state index in [0.717, 1.165) is 31.7 Å². The zero-order chi connectivity index (χ0) is 17.3. The minimum absolute atomic E-state index is 0.0416. The summed E-state index contributed by atoms with van der Waals surface area (Å²) >= 11 is 0. The van der Waals surface area contributed by atoms with Crippen LogP contribution in [0.3, 0.4) is 0 Å². The largest absolute Gasteiger partial charge is 0.354 e. The molecule has 2 aromatic heterocycles. The van der Waals surface area contributed by atoms with Gasteiger partial charge in [0.25, 0.3) is 10.2 Å². The van der Waals surface area contributed by atoms with Gasteiger partial charge in [-0.3, -0.25) is 0 Å². The standard InChI is InChI=1S/C14H19FN6O2S/c1-19-5-10(15)11-12(19)13(18-8-17-11)21-6-14(7-21)3-9(4-14)20(2)24(16,22)23/h5,8-9H,3-4,6-7H2,1-2H3,(H2,16,22,23). The molecule has 0 aromatic carbocycles. The summed E-state index contributed by atoms with van der Waals surface area (Å²) in [4.78, 5) is 10.4. The molecule has 4 rings (SSSR count). The third-order valence-corrected chi connectivity index (χ3v) is 6.39. The number of anilines is 1. The molecule has 1 aliphatic heterocycles. The normalized spacial score (nSPS) is 20.6. The van der Waals surface area contributed by atoms with Crippen LogP contribution in [0.15, 0.2) is 12.5 Å². The molecule has 130 valence electrons. The SMILES string of the molecule is CN(C1CC2(C1)CN(c1ncnc3c(F)cn(C)c13)C2)S(N)(=O)=O. The van der Waals surface area contributed by atoms with Crippen molar-refractivity contribution in [2.45, 2.75) is 18.9 Å². The number of aryl methyl sites for hydroxylation is 1. The van der Waals surface area contributed by atoms with Crippen molar-refractivity contribution in [1.29, 1.82) is 0 Å². The van der Waals surface area contributed by atoms with Gasteiger partial charge in [-0.25, -0.2) is 19.5 Å². The first-order valence-electron chi connectivity index (χ1n) is 7.66. The molecular weight excluding hydrogens is 335 g/mol. The van der Waals surface area contributed by atoms with Crippen LogP contribution in [0, 0.1) is 11.2 Å². The molecule has 0 atom stereocenters. The number of fused-ring (bicyclic) bond motifs is 1. The Balaban J connectivity index is 1.50. The van der Waals surface area contributed by atoms with Crippen LogP contribution >= 0.6 is 0 Å². The van der Waals surface area contributed by atoms with Gasteiger partial charge < -0.3 is 9.47 Å². The van der Waals surface area contributed by atoms with E-state index in [9.17, 15) is 12.8 Å². The second-order valence-corrected chi connectivity index (χ2v) is 8.57. The first kappa shape index (κ1) is 15.7. The Labute approximate surface area is 139 Å². The summed E-state index contributed by atoms with van der Waals surface area (Å²) in [7, 11) is -0.351. The second-order valence-electron chi connectivity index (χ2n) is 6.96. The van der Waals surface area contributed by atoms with Crippen molar-refractivity contribution >= 4 is 27.1 Å². The maximum atomic E-state index is 13.8. The van der Waals surface area contributed by atoms with E-state index in [0.29, 0.717) is 11.0 Å². The fraction of sp³-hybridized carbons (Fsp3) is 0.571. The minimum Gasteiger partial charge on any atom is -0.354 e. The van der Waals surface area contributed by atoms with Gasteiger partial charge in [0.05, 0.1) is 0 Å². The Hall–Kier alpha value is -1.78. The van der Waals surface area contributed by atoms with Crippen LogP contribution in [0.2, 0.25) is 0 Å². The molecule has 2 aromatic rings. The molecule has 0 unspecified atom stereocenters. The molecule has 8 nitrogen and oxygen atoms in total. The summed E-state index contributed by atoms with van der Waals surface area (Å²) in [6.45, 7) is 1.56. The number of nitrogens with two attached hydrogens (primary N) is 1. The molecule has 1 saturated heterocycles. The van der Waals surface area contributed by atoms with Crippen LogP contribution in [0.25, 0.3) is 11.0 Å². The van der Waals surface area contributed by atoms with Gasteiger partial charge >= 0.3 is 0 Å². The van der Waals surface area contributed by atoms with E-state index < -0.39 is 10.2 Å². The molecule has 3 heterocycles. The zero-order valence-electron chi connectivity index (χ0n) is 13.5. The van der Waals surface area contributed by atoms with Gasteiger partial charge in [0, 0.05) is 44.8 Å². The smallest absolute Gasteiger partial charge is 0.276 e. The van der Waals surface area contributed by atoms with Crippen LogP contribution in [0.1, 0.15) is 12.8 Å². The third kappa shape index (κ3) is 2.20. The first-order chi connectivity index (χ1) is 11.2. The Morgan fingerprint density at radius 1 is 1.38 bits per heavy atom. The van der Waals surface area contributed by atoms with E-state index in [-0.39, 0.29) is 17.3 Å². The maximum absolute atomic E-state index is 13.8. The predicted octanol–water partition coefficient (Wildman–Crippen LogP) is 0.212. The molecule has 2 aliphatic rings. The topological polar surface area (TPSA) is 97.3 Å². The molecule has 1 saturated carbocycles. The summed E-state index contributed by atoms with van der Waals surface area (Å²) in [5, 5.41) is 5.17. The van der Waals surface area contributed by atoms with Crippen molar-refractivity contribution in [3.8, 4) is 0 Å². The van der Waals surface area contributed by atoms with Crippen LogP contribution in [-0.2, 0) is 17.3 Å². The quantitative estimate of drug-likeness (QED) is 0.850. The van der Waals surface area contributed by atoms with E-state index in [1.807, 2.05) is 0 Å². The summed E-state index contributed by atoms with van der Waals surface area (Å²) in [6, 6.07) is -0.0416.